The van der Waals surface area contributed by atoms with Crippen LogP contribution in [0, 0.1) is 5.82 Å². The van der Waals surface area contributed by atoms with Gasteiger partial charge in [-0.2, -0.15) is 0 Å². The molecule has 1 unspecified atom stereocenters. The molecule has 18 heavy (non-hydrogen) atoms. The van der Waals surface area contributed by atoms with E-state index in [4.69, 9.17) is 10.5 Å². The topological polar surface area (TPSA) is 52.3 Å². The Kier molecular flexibility index (Phi) is 5.59. The predicted molar refractivity (Wildman–Crippen MR) is 72.8 cm³/mol. The Balaban J connectivity index is 3.15. The summed E-state index contributed by atoms with van der Waals surface area (Å²) < 4.78 is 18.6. The molecule has 1 aromatic rings. The van der Waals surface area contributed by atoms with Crippen LogP contribution in [0.5, 0.6) is 0 Å². The Morgan fingerprint density at radius 2 is 2.22 bits per heavy atom. The van der Waals surface area contributed by atoms with Gasteiger partial charge < -0.3 is 10.5 Å². The molecule has 0 radical (unpaired) electrons. The maximum Gasteiger partial charge on any atom is 0.313 e. The molecule has 0 bridgehead atoms. The lowest BCUT2D eigenvalue weighted by Crippen LogP contribution is -2.16. The minimum absolute atomic E-state index is 0.382. The second-order valence-corrected chi connectivity index (χ2v) is 4.96. The Morgan fingerprint density at radius 1 is 1.56 bits per heavy atom. The van der Waals surface area contributed by atoms with E-state index in [-0.39, 0.29) is 5.97 Å². The highest BCUT2D eigenvalue weighted by Crippen LogP contribution is 2.33. The Hall–Kier alpha value is -1.10. The summed E-state index contributed by atoms with van der Waals surface area (Å²) in [6.07, 6.45) is 2.40. The molecule has 0 aliphatic carbocycles. The van der Waals surface area contributed by atoms with E-state index in [9.17, 15) is 9.18 Å². The molecule has 0 saturated heterocycles. The van der Waals surface area contributed by atoms with Gasteiger partial charge in [-0.25, -0.2) is 4.39 Å². The van der Waals surface area contributed by atoms with Crippen LogP contribution in [0.25, 0.3) is 0 Å². The van der Waals surface area contributed by atoms with E-state index in [2.05, 4.69) is 15.9 Å². The fourth-order valence-electron chi connectivity index (χ4n) is 1.84. The van der Waals surface area contributed by atoms with Crippen molar-refractivity contribution in [2.75, 3.05) is 12.8 Å². The Bertz CT molecular complexity index is 437. The lowest BCUT2D eigenvalue weighted by Gasteiger charge is -2.17. The number of hydrogen-bond donors (Lipinski definition) is 1. The molecule has 1 aromatic carbocycles. The quantitative estimate of drug-likeness (QED) is 0.666. The summed E-state index contributed by atoms with van der Waals surface area (Å²) in [7, 11) is 1.33. The highest BCUT2D eigenvalue weighted by Gasteiger charge is 2.24. The summed E-state index contributed by atoms with van der Waals surface area (Å²) in [6.45, 7) is 2.03. The lowest BCUT2D eigenvalue weighted by molar-refractivity contribution is -0.142. The standard InChI is InChI=1S/C13H17BrFNO2/c1-3-4-5-9(13(17)18-2)10-6-8(15)7-11(14)12(10)16/h6-7,9H,3-5,16H2,1-2H3. The number of unbranched alkanes of at least 4 members (excludes halogenated alkanes) is 1. The van der Waals surface area contributed by atoms with Gasteiger partial charge in [0.15, 0.2) is 0 Å². The number of ether oxygens (including phenoxy) is 1. The van der Waals surface area contributed by atoms with Crippen LogP contribution in [0.4, 0.5) is 10.1 Å². The number of esters is 1. The molecule has 0 aliphatic rings. The van der Waals surface area contributed by atoms with E-state index in [0.29, 0.717) is 22.1 Å². The van der Waals surface area contributed by atoms with Gasteiger partial charge in [0, 0.05) is 4.47 Å². The summed E-state index contributed by atoms with van der Waals surface area (Å²) in [5, 5.41) is 0. The number of carbonyl (C=O) groups is 1. The lowest BCUT2D eigenvalue weighted by atomic mass is 9.92. The zero-order valence-electron chi connectivity index (χ0n) is 10.5. The van der Waals surface area contributed by atoms with Crippen molar-refractivity contribution in [2.24, 2.45) is 0 Å². The molecule has 1 rings (SSSR count). The molecule has 0 saturated carbocycles. The van der Waals surface area contributed by atoms with Gasteiger partial charge in [-0.05, 0) is 40.0 Å². The number of nitrogen functional groups attached to an aromatic ring is 1. The third-order valence-corrected chi connectivity index (χ3v) is 3.49. The van der Waals surface area contributed by atoms with Crippen molar-refractivity contribution in [3.63, 3.8) is 0 Å². The first-order valence-corrected chi connectivity index (χ1v) is 6.62. The van der Waals surface area contributed by atoms with Gasteiger partial charge in [0.05, 0.1) is 18.7 Å². The van der Waals surface area contributed by atoms with Crippen LogP contribution in [0.3, 0.4) is 0 Å². The van der Waals surface area contributed by atoms with Gasteiger partial charge in [-0.3, -0.25) is 4.79 Å². The van der Waals surface area contributed by atoms with Gasteiger partial charge in [0.2, 0.25) is 0 Å². The molecular formula is C13H17BrFNO2. The van der Waals surface area contributed by atoms with E-state index in [1.807, 2.05) is 6.92 Å². The molecule has 0 fully saturated rings. The fourth-order valence-corrected chi connectivity index (χ4v) is 2.29. The van der Waals surface area contributed by atoms with Crippen LogP contribution < -0.4 is 5.73 Å². The average molecular weight is 318 g/mol. The summed E-state index contributed by atoms with van der Waals surface area (Å²) in [5.74, 6) is -1.31. The number of hydrogen-bond acceptors (Lipinski definition) is 3. The number of benzene rings is 1. The monoisotopic (exact) mass is 317 g/mol. The minimum Gasteiger partial charge on any atom is -0.469 e. The predicted octanol–water partition coefficient (Wildman–Crippen LogP) is 3.62. The number of carbonyl (C=O) groups excluding carboxylic acids is 1. The van der Waals surface area contributed by atoms with Crippen LogP contribution >= 0.6 is 15.9 Å². The molecule has 100 valence electrons. The van der Waals surface area contributed by atoms with Gasteiger partial charge >= 0.3 is 5.97 Å². The average Bonchev–Trinajstić information content (AvgIpc) is 2.34. The van der Waals surface area contributed by atoms with Crippen molar-refractivity contribution in [1.82, 2.24) is 0 Å². The minimum atomic E-state index is -0.512. The van der Waals surface area contributed by atoms with Crippen molar-refractivity contribution in [3.8, 4) is 0 Å². The van der Waals surface area contributed by atoms with Gasteiger partial charge in [-0.1, -0.05) is 19.8 Å². The van der Waals surface area contributed by atoms with E-state index < -0.39 is 11.7 Å². The first-order valence-electron chi connectivity index (χ1n) is 5.83. The van der Waals surface area contributed by atoms with Crippen molar-refractivity contribution >= 4 is 27.6 Å². The Labute approximate surface area is 115 Å². The van der Waals surface area contributed by atoms with Crippen molar-refractivity contribution < 1.29 is 13.9 Å². The van der Waals surface area contributed by atoms with Crippen LogP contribution in [0.15, 0.2) is 16.6 Å². The van der Waals surface area contributed by atoms with Crippen molar-refractivity contribution in [1.29, 1.82) is 0 Å². The number of nitrogens with two attached hydrogens (primary N) is 1. The third kappa shape index (κ3) is 3.45. The van der Waals surface area contributed by atoms with Crippen molar-refractivity contribution in [2.45, 2.75) is 32.1 Å². The van der Waals surface area contributed by atoms with E-state index >= 15 is 0 Å². The second-order valence-electron chi connectivity index (χ2n) is 4.11. The summed E-state index contributed by atoms with van der Waals surface area (Å²) >= 11 is 3.19. The SMILES string of the molecule is CCCCC(C(=O)OC)c1cc(F)cc(Br)c1N. The zero-order valence-corrected chi connectivity index (χ0v) is 12.1. The number of anilines is 1. The molecule has 0 spiro atoms. The molecule has 1 atom stereocenters. The summed E-state index contributed by atoms with van der Waals surface area (Å²) in [4.78, 5) is 11.8. The number of methoxy groups -OCH3 is 1. The van der Waals surface area contributed by atoms with Crippen LogP contribution in [-0.2, 0) is 9.53 Å². The molecule has 0 aliphatic heterocycles. The van der Waals surface area contributed by atoms with Gasteiger partial charge in [0.1, 0.15) is 5.82 Å². The normalized spacial score (nSPS) is 12.2. The largest absolute Gasteiger partial charge is 0.469 e. The maximum absolute atomic E-state index is 13.4. The molecule has 0 heterocycles. The smallest absolute Gasteiger partial charge is 0.313 e. The van der Waals surface area contributed by atoms with E-state index in [0.717, 1.165) is 12.8 Å². The molecule has 3 nitrogen and oxygen atoms in total. The number of rotatable bonds is 5. The number of halogens is 2. The highest BCUT2D eigenvalue weighted by molar-refractivity contribution is 9.10. The highest BCUT2D eigenvalue weighted by atomic mass is 79.9. The van der Waals surface area contributed by atoms with Crippen LogP contribution in [-0.4, -0.2) is 13.1 Å². The molecule has 2 N–H and O–H groups in total. The maximum atomic E-state index is 13.4. The Morgan fingerprint density at radius 3 is 2.78 bits per heavy atom. The third-order valence-electron chi connectivity index (χ3n) is 2.83. The molecule has 5 heteroatoms. The van der Waals surface area contributed by atoms with Gasteiger partial charge in [0.25, 0.3) is 0 Å². The van der Waals surface area contributed by atoms with Gasteiger partial charge in [-0.15, -0.1) is 0 Å². The van der Waals surface area contributed by atoms with Crippen LogP contribution in [0.1, 0.15) is 37.7 Å². The van der Waals surface area contributed by atoms with Crippen LogP contribution in [0.2, 0.25) is 0 Å². The van der Waals surface area contributed by atoms with E-state index in [1.54, 1.807) is 0 Å². The molecule has 0 aromatic heterocycles. The first-order chi connectivity index (χ1) is 8.51. The zero-order chi connectivity index (χ0) is 13.7. The fraction of sp³-hybridized carbons (Fsp3) is 0.462. The summed E-state index contributed by atoms with van der Waals surface area (Å²) in [5.41, 5.74) is 6.77. The molecule has 0 amide bonds. The first kappa shape index (κ1) is 15.0. The summed E-state index contributed by atoms with van der Waals surface area (Å²) in [6, 6.07) is 2.59. The molecular weight excluding hydrogens is 301 g/mol. The van der Waals surface area contributed by atoms with E-state index in [1.165, 1.54) is 19.2 Å². The van der Waals surface area contributed by atoms with Crippen molar-refractivity contribution in [3.05, 3.63) is 28.0 Å². The second kappa shape index (κ2) is 6.73.